The summed E-state index contributed by atoms with van der Waals surface area (Å²) in [6, 6.07) is 11.5. The molecule has 1 aliphatic rings. The summed E-state index contributed by atoms with van der Waals surface area (Å²) < 4.78 is 0. The number of nitrogens with one attached hydrogen (secondary N) is 1. The van der Waals surface area contributed by atoms with Crippen LogP contribution in [0.3, 0.4) is 0 Å². The summed E-state index contributed by atoms with van der Waals surface area (Å²) in [5.41, 5.74) is 2.54. The van der Waals surface area contributed by atoms with E-state index in [1.165, 1.54) is 5.56 Å². The highest BCUT2D eigenvalue weighted by atomic mass is 16.2. The quantitative estimate of drug-likeness (QED) is 0.887. The second kappa shape index (κ2) is 8.00. The lowest BCUT2D eigenvalue weighted by atomic mass is 9.87. The Morgan fingerprint density at radius 3 is 2.11 bits per heavy atom. The van der Waals surface area contributed by atoms with E-state index in [1.807, 2.05) is 41.3 Å². The Bertz CT molecular complexity index is 830. The van der Waals surface area contributed by atoms with Crippen molar-refractivity contribution < 1.29 is 9.59 Å². The van der Waals surface area contributed by atoms with Gasteiger partial charge in [-0.25, -0.2) is 4.98 Å². The van der Waals surface area contributed by atoms with Crippen LogP contribution in [-0.2, 0) is 10.2 Å². The number of benzene rings is 1. The van der Waals surface area contributed by atoms with E-state index < -0.39 is 0 Å². The molecule has 2 heterocycles. The maximum absolute atomic E-state index is 12.5. The number of aromatic nitrogens is 1. The van der Waals surface area contributed by atoms with E-state index >= 15 is 0 Å². The molecule has 1 aromatic carbocycles. The summed E-state index contributed by atoms with van der Waals surface area (Å²) >= 11 is 0. The zero-order chi connectivity index (χ0) is 20.3. The third-order valence-corrected chi connectivity index (χ3v) is 5.07. The van der Waals surface area contributed by atoms with Gasteiger partial charge < -0.3 is 15.1 Å². The summed E-state index contributed by atoms with van der Waals surface area (Å²) in [5, 5.41) is 2.90. The summed E-state index contributed by atoms with van der Waals surface area (Å²) in [5.74, 6) is 0.821. The van der Waals surface area contributed by atoms with E-state index in [0.29, 0.717) is 24.3 Å². The molecule has 2 amide bonds. The van der Waals surface area contributed by atoms with Crippen LogP contribution >= 0.6 is 0 Å². The van der Waals surface area contributed by atoms with Crippen molar-refractivity contribution in [2.24, 2.45) is 0 Å². The molecule has 1 aliphatic heterocycles. The molecule has 0 spiro atoms. The van der Waals surface area contributed by atoms with Gasteiger partial charge in [-0.05, 0) is 35.2 Å². The third kappa shape index (κ3) is 4.68. The second-order valence-corrected chi connectivity index (χ2v) is 8.18. The number of rotatable bonds is 3. The van der Waals surface area contributed by atoms with Gasteiger partial charge in [0.1, 0.15) is 5.82 Å². The Morgan fingerprint density at radius 1 is 0.964 bits per heavy atom. The van der Waals surface area contributed by atoms with E-state index in [9.17, 15) is 9.59 Å². The minimum Gasteiger partial charge on any atom is -0.353 e. The predicted octanol–water partition coefficient (Wildman–Crippen LogP) is 3.30. The first-order chi connectivity index (χ1) is 13.2. The highest BCUT2D eigenvalue weighted by Crippen LogP contribution is 2.22. The number of anilines is 2. The molecule has 0 radical (unpaired) electrons. The van der Waals surface area contributed by atoms with Crippen molar-refractivity contribution in [3.63, 3.8) is 0 Å². The van der Waals surface area contributed by atoms with Crippen LogP contribution in [-0.4, -0.2) is 47.9 Å². The van der Waals surface area contributed by atoms with Crippen LogP contribution in [0.2, 0.25) is 0 Å². The van der Waals surface area contributed by atoms with Gasteiger partial charge >= 0.3 is 0 Å². The fourth-order valence-electron chi connectivity index (χ4n) is 3.22. The molecule has 3 rings (SSSR count). The largest absolute Gasteiger partial charge is 0.353 e. The molecule has 1 N–H and O–H groups in total. The van der Waals surface area contributed by atoms with Gasteiger partial charge in [0.2, 0.25) is 5.91 Å². The SMILES string of the molecule is CC(=O)N1CCN(c2ccc(NC(=O)c3ccc(C(C)(C)C)cc3)cn2)CC1. The van der Waals surface area contributed by atoms with Gasteiger partial charge in [-0.15, -0.1) is 0 Å². The lowest BCUT2D eigenvalue weighted by Gasteiger charge is -2.34. The molecule has 0 unspecified atom stereocenters. The molecule has 0 atom stereocenters. The molecule has 1 saturated heterocycles. The van der Waals surface area contributed by atoms with Crippen molar-refractivity contribution in [1.82, 2.24) is 9.88 Å². The highest BCUT2D eigenvalue weighted by molar-refractivity contribution is 6.04. The lowest BCUT2D eigenvalue weighted by Crippen LogP contribution is -2.48. The molecule has 0 saturated carbocycles. The Morgan fingerprint density at radius 2 is 1.61 bits per heavy atom. The van der Waals surface area contributed by atoms with Crippen molar-refractivity contribution in [3.05, 3.63) is 53.7 Å². The summed E-state index contributed by atoms with van der Waals surface area (Å²) in [7, 11) is 0. The molecule has 0 aliphatic carbocycles. The number of amides is 2. The van der Waals surface area contributed by atoms with Crippen LogP contribution in [0.4, 0.5) is 11.5 Å². The number of pyridine rings is 1. The number of hydrogen-bond acceptors (Lipinski definition) is 4. The number of carbonyl (C=O) groups is 2. The number of hydrogen-bond donors (Lipinski definition) is 1. The smallest absolute Gasteiger partial charge is 0.255 e. The first-order valence-corrected chi connectivity index (χ1v) is 9.62. The van der Waals surface area contributed by atoms with E-state index in [4.69, 9.17) is 0 Å². The molecule has 148 valence electrons. The maximum Gasteiger partial charge on any atom is 0.255 e. The van der Waals surface area contributed by atoms with E-state index in [1.54, 1.807) is 13.1 Å². The third-order valence-electron chi connectivity index (χ3n) is 5.07. The number of carbonyl (C=O) groups excluding carboxylic acids is 2. The van der Waals surface area contributed by atoms with Crippen LogP contribution in [0.25, 0.3) is 0 Å². The van der Waals surface area contributed by atoms with Crippen molar-refractivity contribution in [1.29, 1.82) is 0 Å². The maximum atomic E-state index is 12.5. The first-order valence-electron chi connectivity index (χ1n) is 9.62. The topological polar surface area (TPSA) is 65.5 Å². The zero-order valence-corrected chi connectivity index (χ0v) is 17.0. The predicted molar refractivity (Wildman–Crippen MR) is 112 cm³/mol. The van der Waals surface area contributed by atoms with E-state index in [0.717, 1.165) is 18.9 Å². The summed E-state index contributed by atoms with van der Waals surface area (Å²) in [6.45, 7) is 11.0. The van der Waals surface area contributed by atoms with Crippen LogP contribution in [0.15, 0.2) is 42.6 Å². The standard InChI is InChI=1S/C22H28N4O2/c1-16(27)25-11-13-26(14-12-25)20-10-9-19(15-23-20)24-21(28)17-5-7-18(8-6-17)22(2,3)4/h5-10,15H,11-14H2,1-4H3,(H,24,28). The van der Waals surface area contributed by atoms with Crippen LogP contribution in [0, 0.1) is 0 Å². The number of nitrogens with zero attached hydrogens (tertiary/aromatic N) is 3. The summed E-state index contributed by atoms with van der Waals surface area (Å²) in [4.78, 5) is 32.4. The van der Waals surface area contributed by atoms with Gasteiger partial charge in [0.25, 0.3) is 5.91 Å². The van der Waals surface area contributed by atoms with Crippen LogP contribution < -0.4 is 10.2 Å². The van der Waals surface area contributed by atoms with Gasteiger partial charge in [-0.2, -0.15) is 0 Å². The van der Waals surface area contributed by atoms with Crippen LogP contribution in [0.1, 0.15) is 43.6 Å². The van der Waals surface area contributed by atoms with Crippen molar-refractivity contribution >= 4 is 23.3 Å². The van der Waals surface area contributed by atoms with E-state index in [2.05, 4.69) is 36.0 Å². The minimum atomic E-state index is -0.148. The molecule has 28 heavy (non-hydrogen) atoms. The molecule has 1 aromatic heterocycles. The zero-order valence-electron chi connectivity index (χ0n) is 17.0. The minimum absolute atomic E-state index is 0.0602. The Labute approximate surface area is 166 Å². The normalized spacial score (nSPS) is 14.7. The highest BCUT2D eigenvalue weighted by Gasteiger charge is 2.19. The van der Waals surface area contributed by atoms with Gasteiger partial charge in [-0.3, -0.25) is 9.59 Å². The molecular weight excluding hydrogens is 352 g/mol. The monoisotopic (exact) mass is 380 g/mol. The molecule has 6 heteroatoms. The van der Waals surface area contributed by atoms with Gasteiger partial charge in [0, 0.05) is 38.7 Å². The second-order valence-electron chi connectivity index (χ2n) is 8.18. The molecule has 0 bridgehead atoms. The van der Waals surface area contributed by atoms with Crippen molar-refractivity contribution in [2.45, 2.75) is 33.1 Å². The Kier molecular flexibility index (Phi) is 5.68. The first kappa shape index (κ1) is 19.9. The summed E-state index contributed by atoms with van der Waals surface area (Å²) in [6.07, 6.45) is 1.67. The van der Waals surface area contributed by atoms with Gasteiger partial charge in [0.15, 0.2) is 0 Å². The van der Waals surface area contributed by atoms with Crippen molar-refractivity contribution in [3.8, 4) is 0 Å². The fraction of sp³-hybridized carbons (Fsp3) is 0.409. The Hall–Kier alpha value is -2.89. The van der Waals surface area contributed by atoms with Crippen LogP contribution in [0.5, 0.6) is 0 Å². The average Bonchev–Trinajstić information content (AvgIpc) is 2.68. The fourth-order valence-corrected chi connectivity index (χ4v) is 3.22. The average molecular weight is 380 g/mol. The van der Waals surface area contributed by atoms with Crippen molar-refractivity contribution in [2.75, 3.05) is 36.4 Å². The Balaban J connectivity index is 1.60. The molecule has 2 aromatic rings. The van der Waals surface area contributed by atoms with E-state index in [-0.39, 0.29) is 17.2 Å². The van der Waals surface area contributed by atoms with Gasteiger partial charge in [-0.1, -0.05) is 32.9 Å². The van der Waals surface area contributed by atoms with Gasteiger partial charge in [0.05, 0.1) is 11.9 Å². The molecule has 6 nitrogen and oxygen atoms in total. The number of piperazine rings is 1. The molecular formula is C22H28N4O2. The lowest BCUT2D eigenvalue weighted by molar-refractivity contribution is -0.129. The molecule has 1 fully saturated rings.